The van der Waals surface area contributed by atoms with Crippen molar-refractivity contribution in [1.29, 1.82) is 0 Å². The molecule has 0 aliphatic carbocycles. The lowest BCUT2D eigenvalue weighted by atomic mass is 10.2. The van der Waals surface area contributed by atoms with E-state index in [4.69, 9.17) is 11.6 Å². The SMILES string of the molecule is CCN(CC)S(=O)(=O)c1ccc(Cl)c(C(=O)NCc2nc3ccccc3s2)c1. The second kappa shape index (κ2) is 8.57. The molecule has 6 nitrogen and oxygen atoms in total. The van der Waals surface area contributed by atoms with Crippen LogP contribution >= 0.6 is 22.9 Å². The van der Waals surface area contributed by atoms with Crippen LogP contribution in [0.5, 0.6) is 0 Å². The minimum atomic E-state index is -3.67. The van der Waals surface area contributed by atoms with Crippen molar-refractivity contribution >= 4 is 49.1 Å². The molecule has 0 fully saturated rings. The fourth-order valence-electron chi connectivity index (χ4n) is 2.80. The van der Waals surface area contributed by atoms with Crippen LogP contribution in [-0.2, 0) is 16.6 Å². The molecule has 0 bridgehead atoms. The smallest absolute Gasteiger partial charge is 0.253 e. The van der Waals surface area contributed by atoms with Crippen molar-refractivity contribution in [2.45, 2.75) is 25.3 Å². The summed E-state index contributed by atoms with van der Waals surface area (Å²) in [6.45, 7) is 4.47. The van der Waals surface area contributed by atoms with E-state index in [2.05, 4.69) is 10.3 Å². The molecular weight excluding hydrogens is 418 g/mol. The standard InChI is InChI=1S/C19H20ClN3O3S2/c1-3-23(4-2)28(25,26)13-9-10-15(20)14(11-13)19(24)21-12-18-22-16-7-5-6-8-17(16)27-18/h5-11H,3-4,12H2,1-2H3,(H,21,24). The number of halogens is 1. The van der Waals surface area contributed by atoms with Gasteiger partial charge in [-0.3, -0.25) is 4.79 Å². The van der Waals surface area contributed by atoms with Crippen LogP contribution in [0.15, 0.2) is 47.4 Å². The number of nitrogens with zero attached hydrogens (tertiary/aromatic N) is 2. The molecule has 148 valence electrons. The molecule has 1 aromatic heterocycles. The van der Waals surface area contributed by atoms with Crippen molar-refractivity contribution < 1.29 is 13.2 Å². The van der Waals surface area contributed by atoms with Crippen molar-refractivity contribution in [3.05, 3.63) is 58.1 Å². The summed E-state index contributed by atoms with van der Waals surface area (Å²) in [6, 6.07) is 11.9. The van der Waals surface area contributed by atoms with Gasteiger partial charge in [0.25, 0.3) is 5.91 Å². The number of nitrogens with one attached hydrogen (secondary N) is 1. The molecule has 1 amide bonds. The summed E-state index contributed by atoms with van der Waals surface area (Å²) in [5.41, 5.74) is 0.998. The average molecular weight is 438 g/mol. The Labute approximate surface area is 173 Å². The van der Waals surface area contributed by atoms with E-state index in [1.165, 1.54) is 33.8 Å². The Kier molecular flexibility index (Phi) is 6.34. The molecular formula is C19H20ClN3O3S2. The molecule has 0 saturated carbocycles. The zero-order chi connectivity index (χ0) is 20.3. The third kappa shape index (κ3) is 4.20. The van der Waals surface area contributed by atoms with E-state index in [-0.39, 0.29) is 22.0 Å². The van der Waals surface area contributed by atoms with Gasteiger partial charge in [0.05, 0.1) is 32.2 Å². The maximum absolute atomic E-state index is 12.7. The van der Waals surface area contributed by atoms with Gasteiger partial charge in [-0.2, -0.15) is 4.31 Å². The van der Waals surface area contributed by atoms with Crippen LogP contribution in [0.2, 0.25) is 5.02 Å². The molecule has 0 aliphatic rings. The van der Waals surface area contributed by atoms with E-state index < -0.39 is 15.9 Å². The maximum Gasteiger partial charge on any atom is 0.253 e. The zero-order valence-electron chi connectivity index (χ0n) is 15.5. The number of fused-ring (bicyclic) bond motifs is 1. The molecule has 0 atom stereocenters. The van der Waals surface area contributed by atoms with Gasteiger partial charge in [0.1, 0.15) is 5.01 Å². The predicted molar refractivity (Wildman–Crippen MR) is 112 cm³/mol. The Hall–Kier alpha value is -2.00. The Balaban J connectivity index is 1.81. The number of amides is 1. The zero-order valence-corrected chi connectivity index (χ0v) is 17.9. The van der Waals surface area contributed by atoms with Gasteiger partial charge in [-0.25, -0.2) is 13.4 Å². The van der Waals surface area contributed by atoms with Gasteiger partial charge in [0.15, 0.2) is 0 Å². The first-order valence-electron chi connectivity index (χ1n) is 8.79. The van der Waals surface area contributed by atoms with Gasteiger partial charge < -0.3 is 5.32 Å². The average Bonchev–Trinajstić information content (AvgIpc) is 3.10. The van der Waals surface area contributed by atoms with E-state index in [9.17, 15) is 13.2 Å². The Morgan fingerprint density at radius 3 is 2.57 bits per heavy atom. The van der Waals surface area contributed by atoms with Gasteiger partial charge in [0, 0.05) is 13.1 Å². The van der Waals surface area contributed by atoms with Crippen LogP contribution in [0.3, 0.4) is 0 Å². The number of thiazole rings is 1. The van der Waals surface area contributed by atoms with Crippen LogP contribution in [0.25, 0.3) is 10.2 Å². The third-order valence-electron chi connectivity index (χ3n) is 4.26. The second-order valence-corrected chi connectivity index (χ2v) is 9.45. The molecule has 28 heavy (non-hydrogen) atoms. The summed E-state index contributed by atoms with van der Waals surface area (Å²) in [5, 5.41) is 3.73. The summed E-state index contributed by atoms with van der Waals surface area (Å²) in [4.78, 5) is 17.1. The maximum atomic E-state index is 12.7. The summed E-state index contributed by atoms with van der Waals surface area (Å²) in [6.07, 6.45) is 0. The normalized spacial score (nSPS) is 11.9. The van der Waals surface area contributed by atoms with Crippen LogP contribution in [-0.4, -0.2) is 36.7 Å². The lowest BCUT2D eigenvalue weighted by Crippen LogP contribution is -2.31. The summed E-state index contributed by atoms with van der Waals surface area (Å²) in [7, 11) is -3.67. The van der Waals surface area contributed by atoms with Crippen LogP contribution < -0.4 is 5.32 Å². The first-order valence-corrected chi connectivity index (χ1v) is 11.4. The fraction of sp³-hybridized carbons (Fsp3) is 0.263. The number of benzene rings is 2. The number of para-hydroxylation sites is 1. The Bertz CT molecular complexity index is 1080. The minimum Gasteiger partial charge on any atom is -0.345 e. The Morgan fingerprint density at radius 1 is 1.18 bits per heavy atom. The number of carbonyl (C=O) groups is 1. The van der Waals surface area contributed by atoms with Crippen LogP contribution in [0.1, 0.15) is 29.2 Å². The third-order valence-corrected chi connectivity index (χ3v) is 7.68. The molecule has 2 aromatic carbocycles. The van der Waals surface area contributed by atoms with Crippen LogP contribution in [0, 0.1) is 0 Å². The molecule has 1 N–H and O–H groups in total. The van der Waals surface area contributed by atoms with Crippen molar-refractivity contribution in [1.82, 2.24) is 14.6 Å². The monoisotopic (exact) mass is 437 g/mol. The van der Waals surface area contributed by atoms with Gasteiger partial charge in [0.2, 0.25) is 10.0 Å². The molecule has 0 aliphatic heterocycles. The fourth-order valence-corrected chi connectivity index (χ4v) is 5.39. The highest BCUT2D eigenvalue weighted by molar-refractivity contribution is 7.89. The van der Waals surface area contributed by atoms with E-state index in [0.717, 1.165) is 15.2 Å². The van der Waals surface area contributed by atoms with Crippen LogP contribution in [0.4, 0.5) is 0 Å². The van der Waals surface area contributed by atoms with Crippen molar-refractivity contribution in [3.8, 4) is 0 Å². The topological polar surface area (TPSA) is 79.4 Å². The molecule has 0 saturated heterocycles. The van der Waals surface area contributed by atoms with Gasteiger partial charge >= 0.3 is 0 Å². The number of rotatable bonds is 7. The first kappa shape index (κ1) is 20.7. The summed E-state index contributed by atoms with van der Waals surface area (Å²) in [5.74, 6) is -0.444. The van der Waals surface area contributed by atoms with Crippen molar-refractivity contribution in [2.24, 2.45) is 0 Å². The minimum absolute atomic E-state index is 0.0470. The lowest BCUT2D eigenvalue weighted by Gasteiger charge is -2.19. The highest BCUT2D eigenvalue weighted by Crippen LogP contribution is 2.24. The second-order valence-electron chi connectivity index (χ2n) is 5.99. The molecule has 0 spiro atoms. The molecule has 3 aromatic rings. The molecule has 1 heterocycles. The quantitative estimate of drug-likeness (QED) is 0.607. The summed E-state index contributed by atoms with van der Waals surface area (Å²) < 4.78 is 27.8. The van der Waals surface area contributed by atoms with Gasteiger partial charge in [-0.05, 0) is 30.3 Å². The molecule has 9 heteroatoms. The number of aromatic nitrogens is 1. The van der Waals surface area contributed by atoms with E-state index >= 15 is 0 Å². The van der Waals surface area contributed by atoms with E-state index in [1.54, 1.807) is 13.8 Å². The molecule has 0 unspecified atom stereocenters. The van der Waals surface area contributed by atoms with Crippen molar-refractivity contribution in [2.75, 3.05) is 13.1 Å². The lowest BCUT2D eigenvalue weighted by molar-refractivity contribution is 0.0951. The molecule has 0 radical (unpaired) electrons. The largest absolute Gasteiger partial charge is 0.345 e. The van der Waals surface area contributed by atoms with Crippen molar-refractivity contribution in [3.63, 3.8) is 0 Å². The Morgan fingerprint density at radius 2 is 1.89 bits per heavy atom. The van der Waals surface area contributed by atoms with E-state index in [1.807, 2.05) is 24.3 Å². The number of sulfonamides is 1. The molecule has 3 rings (SSSR count). The summed E-state index contributed by atoms with van der Waals surface area (Å²) >= 11 is 7.65. The number of hydrogen-bond donors (Lipinski definition) is 1. The van der Waals surface area contributed by atoms with E-state index in [0.29, 0.717) is 13.1 Å². The van der Waals surface area contributed by atoms with Gasteiger partial charge in [-0.15, -0.1) is 11.3 Å². The number of hydrogen-bond acceptors (Lipinski definition) is 5. The highest BCUT2D eigenvalue weighted by Gasteiger charge is 2.24. The first-order chi connectivity index (χ1) is 13.4. The number of carbonyl (C=O) groups excluding carboxylic acids is 1. The highest BCUT2D eigenvalue weighted by atomic mass is 35.5. The predicted octanol–water partition coefficient (Wildman–Crippen LogP) is 3.91. The van der Waals surface area contributed by atoms with Gasteiger partial charge in [-0.1, -0.05) is 37.6 Å².